The van der Waals surface area contributed by atoms with Crippen molar-refractivity contribution in [1.29, 1.82) is 0 Å². The number of carbonyl (C=O) groups is 1. The lowest BCUT2D eigenvalue weighted by Gasteiger charge is -2.07. The van der Waals surface area contributed by atoms with Crippen LogP contribution in [0.5, 0.6) is 11.8 Å². The summed E-state index contributed by atoms with van der Waals surface area (Å²) in [6.45, 7) is 2.07. The zero-order valence-corrected chi connectivity index (χ0v) is 8.36. The normalized spacial score (nSPS) is 9.73. The molecule has 0 atom stereocenters. The molecular weight excluding hydrogens is 202 g/mol. The van der Waals surface area contributed by atoms with Crippen LogP contribution in [0, 0.1) is 0 Å². The minimum Gasteiger partial charge on any atom is -0.477 e. The number of aromatic nitrogens is 2. The molecule has 7 nitrogen and oxygen atoms in total. The van der Waals surface area contributed by atoms with Crippen molar-refractivity contribution in [2.75, 3.05) is 13.7 Å². The minimum atomic E-state index is -0.919. The van der Waals surface area contributed by atoms with Crippen molar-refractivity contribution in [3.05, 3.63) is 16.0 Å². The van der Waals surface area contributed by atoms with Crippen LogP contribution in [0.3, 0.4) is 0 Å². The SMILES string of the molecule is CCOc1[nH]c(=O)c(C(N)=O)nc1OC. The fourth-order valence-corrected chi connectivity index (χ4v) is 0.966. The van der Waals surface area contributed by atoms with Gasteiger partial charge in [-0.25, -0.2) is 0 Å². The maximum absolute atomic E-state index is 11.3. The highest BCUT2D eigenvalue weighted by Gasteiger charge is 2.15. The predicted molar refractivity (Wildman–Crippen MR) is 51.1 cm³/mol. The molecule has 1 heterocycles. The first-order chi connectivity index (χ1) is 7.10. The van der Waals surface area contributed by atoms with E-state index < -0.39 is 17.2 Å². The second kappa shape index (κ2) is 4.45. The molecule has 0 radical (unpaired) electrons. The van der Waals surface area contributed by atoms with Gasteiger partial charge in [0.2, 0.25) is 0 Å². The number of rotatable bonds is 4. The largest absolute Gasteiger partial charge is 0.477 e. The number of nitrogens with one attached hydrogen (secondary N) is 1. The average Bonchev–Trinajstić information content (AvgIpc) is 2.18. The van der Waals surface area contributed by atoms with E-state index in [4.69, 9.17) is 15.2 Å². The third kappa shape index (κ3) is 2.25. The van der Waals surface area contributed by atoms with Crippen LogP contribution < -0.4 is 20.8 Å². The number of primary amides is 1. The highest BCUT2D eigenvalue weighted by atomic mass is 16.5. The molecule has 0 unspecified atom stereocenters. The van der Waals surface area contributed by atoms with Gasteiger partial charge in [-0.3, -0.25) is 14.6 Å². The van der Waals surface area contributed by atoms with E-state index in [1.54, 1.807) is 6.92 Å². The van der Waals surface area contributed by atoms with Crippen LogP contribution in [0.4, 0.5) is 0 Å². The molecule has 1 aromatic heterocycles. The van der Waals surface area contributed by atoms with Gasteiger partial charge in [-0.2, -0.15) is 4.98 Å². The Labute approximate surface area is 85.2 Å². The zero-order valence-electron chi connectivity index (χ0n) is 8.36. The van der Waals surface area contributed by atoms with Gasteiger partial charge in [0.1, 0.15) is 0 Å². The zero-order chi connectivity index (χ0) is 11.4. The van der Waals surface area contributed by atoms with Crippen molar-refractivity contribution in [2.24, 2.45) is 5.73 Å². The summed E-state index contributed by atoms with van der Waals surface area (Å²) >= 11 is 0. The first kappa shape index (κ1) is 11.0. The molecule has 82 valence electrons. The average molecular weight is 213 g/mol. The summed E-state index contributed by atoms with van der Waals surface area (Å²) in [6.07, 6.45) is 0. The Morgan fingerprint density at radius 3 is 2.73 bits per heavy atom. The molecule has 15 heavy (non-hydrogen) atoms. The van der Waals surface area contributed by atoms with E-state index in [0.29, 0.717) is 6.61 Å². The molecule has 0 spiro atoms. The molecule has 0 aliphatic rings. The smallest absolute Gasteiger partial charge is 0.282 e. The molecule has 0 aliphatic carbocycles. The van der Waals surface area contributed by atoms with Crippen LogP contribution in [0.1, 0.15) is 17.4 Å². The third-order valence-electron chi connectivity index (χ3n) is 1.57. The number of carbonyl (C=O) groups excluding carboxylic acids is 1. The topological polar surface area (TPSA) is 107 Å². The summed E-state index contributed by atoms with van der Waals surface area (Å²) in [5, 5.41) is 0. The van der Waals surface area contributed by atoms with Gasteiger partial charge in [0, 0.05) is 0 Å². The fraction of sp³-hybridized carbons (Fsp3) is 0.375. The Hall–Kier alpha value is -2.05. The Morgan fingerprint density at radius 1 is 1.60 bits per heavy atom. The number of H-pyrrole nitrogens is 1. The van der Waals surface area contributed by atoms with Crippen molar-refractivity contribution in [2.45, 2.75) is 6.92 Å². The lowest BCUT2D eigenvalue weighted by Crippen LogP contribution is -2.26. The molecule has 0 saturated carbocycles. The highest BCUT2D eigenvalue weighted by Crippen LogP contribution is 2.18. The van der Waals surface area contributed by atoms with Gasteiger partial charge in [-0.1, -0.05) is 0 Å². The minimum absolute atomic E-state index is 0.0188. The van der Waals surface area contributed by atoms with Crippen molar-refractivity contribution in [3.63, 3.8) is 0 Å². The van der Waals surface area contributed by atoms with Crippen molar-refractivity contribution < 1.29 is 14.3 Å². The van der Waals surface area contributed by atoms with E-state index in [-0.39, 0.29) is 11.8 Å². The van der Waals surface area contributed by atoms with Crippen molar-refractivity contribution in [1.82, 2.24) is 9.97 Å². The Bertz CT molecular complexity index is 426. The quantitative estimate of drug-likeness (QED) is 0.686. The van der Waals surface area contributed by atoms with Crippen LogP contribution in [-0.4, -0.2) is 29.6 Å². The summed E-state index contributed by atoms with van der Waals surface area (Å²) in [5.41, 5.74) is 3.84. The molecule has 0 aliphatic heterocycles. The third-order valence-corrected chi connectivity index (χ3v) is 1.57. The number of aromatic amines is 1. The summed E-state index contributed by atoms with van der Waals surface area (Å²) in [5.74, 6) is -0.821. The van der Waals surface area contributed by atoms with Crippen LogP contribution in [0.15, 0.2) is 4.79 Å². The lowest BCUT2D eigenvalue weighted by atomic mass is 10.4. The standard InChI is InChI=1S/C8H11N3O4/c1-3-15-8-7(14-2)10-4(5(9)12)6(13)11-8/h3H2,1-2H3,(H2,9,12)(H,11,13). The van der Waals surface area contributed by atoms with Crippen molar-refractivity contribution >= 4 is 5.91 Å². The number of nitrogens with zero attached hydrogens (tertiary/aromatic N) is 1. The van der Waals surface area contributed by atoms with E-state index in [1.807, 2.05) is 0 Å². The van der Waals surface area contributed by atoms with Gasteiger partial charge in [0.05, 0.1) is 13.7 Å². The molecule has 3 N–H and O–H groups in total. The number of ether oxygens (including phenoxy) is 2. The van der Waals surface area contributed by atoms with Crippen molar-refractivity contribution in [3.8, 4) is 11.8 Å². The number of nitrogens with two attached hydrogens (primary N) is 1. The van der Waals surface area contributed by atoms with Gasteiger partial charge in [-0.05, 0) is 6.92 Å². The number of hydrogen-bond acceptors (Lipinski definition) is 5. The second-order valence-electron chi connectivity index (χ2n) is 2.55. The van der Waals surface area contributed by atoms with Gasteiger partial charge in [-0.15, -0.1) is 0 Å². The molecule has 7 heteroatoms. The summed E-state index contributed by atoms with van der Waals surface area (Å²) < 4.78 is 9.88. The lowest BCUT2D eigenvalue weighted by molar-refractivity contribution is 0.0992. The van der Waals surface area contributed by atoms with Gasteiger partial charge < -0.3 is 15.2 Å². The summed E-state index contributed by atoms with van der Waals surface area (Å²) in [4.78, 5) is 28.0. The summed E-state index contributed by atoms with van der Waals surface area (Å²) in [7, 11) is 1.34. The fourth-order valence-electron chi connectivity index (χ4n) is 0.966. The molecule has 0 fully saturated rings. The van der Waals surface area contributed by atoms with Crippen LogP contribution in [0.25, 0.3) is 0 Å². The first-order valence-corrected chi connectivity index (χ1v) is 4.21. The van der Waals surface area contributed by atoms with E-state index in [9.17, 15) is 9.59 Å². The molecule has 1 amide bonds. The highest BCUT2D eigenvalue weighted by molar-refractivity contribution is 5.90. The monoisotopic (exact) mass is 213 g/mol. The van der Waals surface area contributed by atoms with Crippen LogP contribution in [0.2, 0.25) is 0 Å². The maximum atomic E-state index is 11.3. The first-order valence-electron chi connectivity index (χ1n) is 4.21. The van der Waals surface area contributed by atoms with E-state index in [1.165, 1.54) is 7.11 Å². The molecule has 1 aromatic rings. The Balaban J connectivity index is 3.29. The van der Waals surface area contributed by atoms with Gasteiger partial charge >= 0.3 is 0 Å². The predicted octanol–water partition coefficient (Wildman–Crippen LogP) is -0.724. The molecule has 0 bridgehead atoms. The Morgan fingerprint density at radius 2 is 2.27 bits per heavy atom. The molecule has 0 saturated heterocycles. The van der Waals surface area contributed by atoms with Crippen LogP contribution >= 0.6 is 0 Å². The van der Waals surface area contributed by atoms with Gasteiger partial charge in [0.15, 0.2) is 5.69 Å². The van der Waals surface area contributed by atoms with E-state index >= 15 is 0 Å². The number of hydrogen-bond donors (Lipinski definition) is 2. The number of amides is 1. The maximum Gasteiger partial charge on any atom is 0.282 e. The summed E-state index contributed by atoms with van der Waals surface area (Å²) in [6, 6.07) is 0. The van der Waals surface area contributed by atoms with Gasteiger partial charge in [0.25, 0.3) is 23.2 Å². The molecule has 0 aromatic carbocycles. The van der Waals surface area contributed by atoms with E-state index in [0.717, 1.165) is 0 Å². The van der Waals surface area contributed by atoms with Crippen LogP contribution in [-0.2, 0) is 0 Å². The molecule has 1 rings (SSSR count). The second-order valence-corrected chi connectivity index (χ2v) is 2.55. The molecular formula is C8H11N3O4. The van der Waals surface area contributed by atoms with E-state index in [2.05, 4.69) is 9.97 Å². The Kier molecular flexibility index (Phi) is 3.27. The number of methoxy groups -OCH3 is 1.